The number of benzene rings is 1. The lowest BCUT2D eigenvalue weighted by atomic mass is 9.62. The van der Waals surface area contributed by atoms with Crippen molar-refractivity contribution in [2.45, 2.75) is 43.2 Å². The second kappa shape index (κ2) is 5.43. The molecule has 1 saturated carbocycles. The summed E-state index contributed by atoms with van der Waals surface area (Å²) in [5.74, 6) is 0.582. The Kier molecular flexibility index (Phi) is 3.76. The summed E-state index contributed by atoms with van der Waals surface area (Å²) in [5.41, 5.74) is 0.733. The van der Waals surface area contributed by atoms with Crippen molar-refractivity contribution in [2.24, 2.45) is 0 Å². The first-order chi connectivity index (χ1) is 10.0. The van der Waals surface area contributed by atoms with Crippen LogP contribution in [0.15, 0.2) is 30.3 Å². The first-order valence-corrected chi connectivity index (χ1v) is 9.28. The van der Waals surface area contributed by atoms with Crippen LogP contribution in [-0.2, 0) is 15.3 Å². The smallest absolute Gasteiger partial charge is 0.150 e. The van der Waals surface area contributed by atoms with E-state index in [1.165, 1.54) is 0 Å². The molecule has 5 heteroatoms. The Morgan fingerprint density at radius 3 is 2.29 bits per heavy atom. The van der Waals surface area contributed by atoms with Gasteiger partial charge in [-0.1, -0.05) is 30.3 Å². The highest BCUT2D eigenvalue weighted by Crippen LogP contribution is 2.43. The van der Waals surface area contributed by atoms with Crippen LogP contribution in [0.3, 0.4) is 0 Å². The Hall–Kier alpha value is -1.38. The minimum absolute atomic E-state index is 0.283. The highest BCUT2D eigenvalue weighted by Gasteiger charge is 2.46. The summed E-state index contributed by atoms with van der Waals surface area (Å²) in [6.45, 7) is 0. The molecule has 1 aromatic carbocycles. The van der Waals surface area contributed by atoms with Crippen molar-refractivity contribution in [2.75, 3.05) is 11.5 Å². The standard InChI is InChI=1S/C16H20N2O2S/c17-12-16(13-4-2-1-3-5-13)10-15(11-16)18-14-6-8-21(19,20)9-7-14/h1-5,14-15,18H,6-11H2. The maximum atomic E-state index is 11.4. The van der Waals surface area contributed by atoms with Gasteiger partial charge in [-0.05, 0) is 31.2 Å². The average Bonchev–Trinajstić information content (AvgIpc) is 2.45. The molecular weight excluding hydrogens is 284 g/mol. The first-order valence-electron chi connectivity index (χ1n) is 7.46. The third-order valence-electron chi connectivity index (χ3n) is 4.76. The van der Waals surface area contributed by atoms with E-state index in [1.807, 2.05) is 30.3 Å². The molecule has 0 amide bonds. The van der Waals surface area contributed by atoms with Crippen molar-refractivity contribution in [1.29, 1.82) is 5.26 Å². The van der Waals surface area contributed by atoms with Crippen LogP contribution >= 0.6 is 0 Å². The van der Waals surface area contributed by atoms with Crippen LogP contribution in [-0.4, -0.2) is 32.0 Å². The summed E-state index contributed by atoms with van der Waals surface area (Å²) in [7, 11) is -2.80. The van der Waals surface area contributed by atoms with Crippen molar-refractivity contribution in [3.8, 4) is 6.07 Å². The van der Waals surface area contributed by atoms with Crippen molar-refractivity contribution < 1.29 is 8.42 Å². The Morgan fingerprint density at radius 1 is 1.10 bits per heavy atom. The molecule has 1 aliphatic heterocycles. The van der Waals surface area contributed by atoms with E-state index >= 15 is 0 Å². The summed E-state index contributed by atoms with van der Waals surface area (Å²) >= 11 is 0. The van der Waals surface area contributed by atoms with Gasteiger partial charge in [0.25, 0.3) is 0 Å². The molecule has 1 aromatic rings. The molecule has 2 aliphatic rings. The van der Waals surface area contributed by atoms with E-state index < -0.39 is 9.84 Å². The van der Waals surface area contributed by atoms with Crippen LogP contribution in [0.2, 0.25) is 0 Å². The van der Waals surface area contributed by atoms with E-state index in [0.717, 1.165) is 18.4 Å². The molecule has 1 heterocycles. The zero-order valence-electron chi connectivity index (χ0n) is 12.0. The lowest BCUT2D eigenvalue weighted by molar-refractivity contribution is 0.204. The zero-order valence-corrected chi connectivity index (χ0v) is 12.8. The predicted molar refractivity (Wildman–Crippen MR) is 81.6 cm³/mol. The molecule has 0 spiro atoms. The molecule has 21 heavy (non-hydrogen) atoms. The molecule has 0 bridgehead atoms. The molecule has 3 rings (SSSR count). The van der Waals surface area contributed by atoms with E-state index in [1.54, 1.807) is 0 Å². The maximum absolute atomic E-state index is 11.4. The van der Waals surface area contributed by atoms with Gasteiger partial charge >= 0.3 is 0 Å². The van der Waals surface area contributed by atoms with E-state index in [4.69, 9.17) is 0 Å². The highest BCUT2D eigenvalue weighted by atomic mass is 32.2. The second-order valence-electron chi connectivity index (χ2n) is 6.26. The van der Waals surface area contributed by atoms with Gasteiger partial charge in [0.15, 0.2) is 0 Å². The second-order valence-corrected chi connectivity index (χ2v) is 8.56. The molecule has 0 aromatic heterocycles. The number of rotatable bonds is 3. The highest BCUT2D eigenvalue weighted by molar-refractivity contribution is 7.91. The minimum atomic E-state index is -2.80. The largest absolute Gasteiger partial charge is 0.311 e. The quantitative estimate of drug-likeness (QED) is 0.924. The van der Waals surface area contributed by atoms with Crippen LogP contribution in [0.25, 0.3) is 0 Å². The maximum Gasteiger partial charge on any atom is 0.150 e. The Bertz CT molecular complexity index is 629. The third-order valence-corrected chi connectivity index (χ3v) is 6.47. The third kappa shape index (κ3) is 2.97. The van der Waals surface area contributed by atoms with Gasteiger partial charge < -0.3 is 5.32 Å². The van der Waals surface area contributed by atoms with E-state index in [9.17, 15) is 13.7 Å². The van der Waals surface area contributed by atoms with Gasteiger partial charge in [-0.25, -0.2) is 8.42 Å². The summed E-state index contributed by atoms with van der Waals surface area (Å²) in [6.07, 6.45) is 3.03. The molecule has 1 saturated heterocycles. The Labute approximate surface area is 126 Å². The van der Waals surface area contributed by atoms with Crippen LogP contribution in [0.4, 0.5) is 0 Å². The molecule has 4 nitrogen and oxygen atoms in total. The van der Waals surface area contributed by atoms with Crippen LogP contribution < -0.4 is 5.32 Å². The number of sulfone groups is 1. The van der Waals surface area contributed by atoms with E-state index in [0.29, 0.717) is 30.4 Å². The summed E-state index contributed by atoms with van der Waals surface area (Å²) < 4.78 is 22.9. The number of nitriles is 1. The van der Waals surface area contributed by atoms with Gasteiger partial charge in [-0.15, -0.1) is 0 Å². The van der Waals surface area contributed by atoms with Crippen molar-refractivity contribution in [1.82, 2.24) is 5.32 Å². The fourth-order valence-electron chi connectivity index (χ4n) is 3.44. The molecule has 112 valence electrons. The van der Waals surface area contributed by atoms with Gasteiger partial charge in [-0.3, -0.25) is 0 Å². The minimum Gasteiger partial charge on any atom is -0.311 e. The number of nitrogens with zero attached hydrogens (tertiary/aromatic N) is 1. The molecule has 1 N–H and O–H groups in total. The first kappa shape index (κ1) is 14.6. The average molecular weight is 304 g/mol. The van der Waals surface area contributed by atoms with Crippen LogP contribution in [0, 0.1) is 11.3 Å². The monoisotopic (exact) mass is 304 g/mol. The fraction of sp³-hybridized carbons (Fsp3) is 0.562. The fourth-order valence-corrected chi connectivity index (χ4v) is 4.93. The van der Waals surface area contributed by atoms with E-state index in [2.05, 4.69) is 11.4 Å². The lowest BCUT2D eigenvalue weighted by Crippen LogP contribution is -2.54. The van der Waals surface area contributed by atoms with Crippen molar-refractivity contribution >= 4 is 9.84 Å². The van der Waals surface area contributed by atoms with Gasteiger partial charge in [0.05, 0.1) is 23.0 Å². The van der Waals surface area contributed by atoms with Gasteiger partial charge in [0, 0.05) is 12.1 Å². The van der Waals surface area contributed by atoms with Crippen molar-refractivity contribution in [3.05, 3.63) is 35.9 Å². The van der Waals surface area contributed by atoms with Gasteiger partial charge in [-0.2, -0.15) is 5.26 Å². The molecular formula is C16H20N2O2S. The summed E-state index contributed by atoms with van der Waals surface area (Å²) in [6, 6.07) is 13.0. The molecule has 0 unspecified atom stereocenters. The van der Waals surface area contributed by atoms with Gasteiger partial charge in [0.2, 0.25) is 0 Å². The summed E-state index contributed by atoms with van der Waals surface area (Å²) in [5, 5.41) is 13.1. The number of nitrogens with one attached hydrogen (secondary N) is 1. The molecule has 2 fully saturated rings. The zero-order chi connectivity index (χ0) is 14.9. The van der Waals surface area contributed by atoms with Crippen LogP contribution in [0.5, 0.6) is 0 Å². The van der Waals surface area contributed by atoms with Crippen molar-refractivity contribution in [3.63, 3.8) is 0 Å². The predicted octanol–water partition coefficient (Wildman–Crippen LogP) is 1.78. The van der Waals surface area contributed by atoms with Crippen LogP contribution in [0.1, 0.15) is 31.2 Å². The topological polar surface area (TPSA) is 70.0 Å². The number of hydrogen-bond acceptors (Lipinski definition) is 4. The Balaban J connectivity index is 1.57. The normalized spacial score (nSPS) is 32.0. The summed E-state index contributed by atoms with van der Waals surface area (Å²) in [4.78, 5) is 0. The Morgan fingerprint density at radius 2 is 1.71 bits per heavy atom. The molecule has 1 aliphatic carbocycles. The van der Waals surface area contributed by atoms with Gasteiger partial charge in [0.1, 0.15) is 9.84 Å². The lowest BCUT2D eigenvalue weighted by Gasteiger charge is -2.45. The molecule has 0 atom stereocenters. The molecule has 0 radical (unpaired) electrons. The van der Waals surface area contributed by atoms with E-state index in [-0.39, 0.29) is 11.5 Å². The SMILES string of the molecule is N#CC1(c2ccccc2)CC(NC2CCS(=O)(=O)CC2)C1. The number of hydrogen-bond donors (Lipinski definition) is 1.